The third-order valence-corrected chi connectivity index (χ3v) is 9.86. The molecule has 2 aliphatic carbocycles. The molecular weight excluding hydrogens is 583 g/mol. The van der Waals surface area contributed by atoms with Gasteiger partial charge in [0.25, 0.3) is 0 Å². The Kier molecular flexibility index (Phi) is 11.1. The van der Waals surface area contributed by atoms with Crippen molar-refractivity contribution in [3.8, 4) is 11.5 Å². The Morgan fingerprint density at radius 3 is 2.33 bits per heavy atom. The van der Waals surface area contributed by atoms with E-state index in [9.17, 15) is 18.0 Å². The number of nitrogens with zero attached hydrogens (tertiary/aromatic N) is 1. The Morgan fingerprint density at radius 2 is 1.70 bits per heavy atom. The molecular formula is C31H40F3N3O5S. The lowest BCUT2D eigenvalue weighted by atomic mass is 9.65. The molecule has 0 bridgehead atoms. The van der Waals surface area contributed by atoms with E-state index < -0.39 is 12.1 Å². The molecule has 5 rings (SSSR count). The first-order valence-electron chi connectivity index (χ1n) is 14.6. The van der Waals surface area contributed by atoms with Crippen molar-refractivity contribution in [3.63, 3.8) is 0 Å². The quantitative estimate of drug-likeness (QED) is 0.297. The number of likely N-dealkylation sites (tertiary alicyclic amines) is 1. The number of rotatable bonds is 8. The number of urea groups is 1. The minimum Gasteiger partial charge on any atom is -0.493 e. The van der Waals surface area contributed by atoms with Crippen LogP contribution in [0.1, 0.15) is 62.5 Å². The summed E-state index contributed by atoms with van der Waals surface area (Å²) in [6.45, 7) is 1.97. The maximum atomic E-state index is 12.7. The number of fused-ring (bicyclic) bond motifs is 1. The van der Waals surface area contributed by atoms with Gasteiger partial charge in [-0.3, -0.25) is 9.62 Å². The van der Waals surface area contributed by atoms with Crippen LogP contribution in [0.3, 0.4) is 0 Å². The molecule has 1 heterocycles. The molecule has 2 saturated carbocycles. The van der Waals surface area contributed by atoms with Gasteiger partial charge in [-0.1, -0.05) is 49.2 Å². The van der Waals surface area contributed by atoms with Gasteiger partial charge in [0.15, 0.2) is 11.5 Å². The van der Waals surface area contributed by atoms with Crippen LogP contribution < -0.4 is 19.5 Å². The van der Waals surface area contributed by atoms with Crippen molar-refractivity contribution in [1.82, 2.24) is 14.9 Å². The van der Waals surface area contributed by atoms with Crippen molar-refractivity contribution in [2.45, 2.75) is 86.8 Å². The summed E-state index contributed by atoms with van der Waals surface area (Å²) in [4.78, 5) is 24.3. The van der Waals surface area contributed by atoms with E-state index in [1.807, 2.05) is 6.07 Å². The molecule has 0 spiro atoms. The number of benzene rings is 2. The number of amides is 2. The first kappa shape index (κ1) is 32.8. The van der Waals surface area contributed by atoms with Gasteiger partial charge in [0.2, 0.25) is 0 Å². The number of hydrogen-bond donors (Lipinski definition) is 3. The highest BCUT2D eigenvalue weighted by Gasteiger charge is 2.51. The van der Waals surface area contributed by atoms with Gasteiger partial charge in [0.05, 0.1) is 14.2 Å². The van der Waals surface area contributed by atoms with Gasteiger partial charge in [0.1, 0.15) is 0 Å². The van der Waals surface area contributed by atoms with E-state index in [1.165, 1.54) is 36.8 Å². The van der Waals surface area contributed by atoms with Gasteiger partial charge in [0, 0.05) is 29.3 Å². The van der Waals surface area contributed by atoms with Crippen molar-refractivity contribution >= 4 is 23.9 Å². The SMILES string of the molecule is COc1ccc(C23CCC(NC(=O)NSC4CCCC4)CC2N(Cc2ccccc2)CC3)cc1OC.O=C(O)C(F)(F)F. The molecule has 0 radical (unpaired) electrons. The fourth-order valence-corrected chi connectivity index (χ4v) is 7.53. The average Bonchev–Trinajstić information content (AvgIpc) is 3.65. The molecule has 8 nitrogen and oxygen atoms in total. The van der Waals surface area contributed by atoms with E-state index in [-0.39, 0.29) is 17.5 Å². The van der Waals surface area contributed by atoms with Crippen LogP contribution in [0.2, 0.25) is 0 Å². The molecule has 1 aliphatic heterocycles. The summed E-state index contributed by atoms with van der Waals surface area (Å²) in [5, 5.41) is 11.0. The third kappa shape index (κ3) is 8.29. The normalized spacial score (nSPS) is 23.9. The summed E-state index contributed by atoms with van der Waals surface area (Å²) in [6.07, 6.45) is 3.96. The zero-order valence-electron chi connectivity index (χ0n) is 24.5. The average molecular weight is 624 g/mol. The van der Waals surface area contributed by atoms with Crippen LogP contribution in [0.4, 0.5) is 18.0 Å². The van der Waals surface area contributed by atoms with Gasteiger partial charge in [-0.05, 0) is 80.3 Å². The number of carbonyl (C=O) groups is 2. The lowest BCUT2D eigenvalue weighted by Gasteiger charge is -2.45. The molecule has 2 amide bonds. The van der Waals surface area contributed by atoms with E-state index in [2.05, 4.69) is 57.4 Å². The van der Waals surface area contributed by atoms with Gasteiger partial charge in [-0.15, -0.1) is 0 Å². The highest BCUT2D eigenvalue weighted by atomic mass is 32.2. The molecule has 1 saturated heterocycles. The third-order valence-electron chi connectivity index (χ3n) is 8.76. The molecule has 0 aromatic heterocycles. The van der Waals surface area contributed by atoms with Gasteiger partial charge < -0.3 is 19.9 Å². The minimum atomic E-state index is -5.08. The highest BCUT2D eigenvalue weighted by Crippen LogP contribution is 2.50. The summed E-state index contributed by atoms with van der Waals surface area (Å²) in [6, 6.07) is 17.6. The van der Waals surface area contributed by atoms with E-state index in [0.29, 0.717) is 11.3 Å². The number of carbonyl (C=O) groups excluding carboxylic acids is 1. The number of hydrogen-bond acceptors (Lipinski definition) is 6. The van der Waals surface area contributed by atoms with Crippen molar-refractivity contribution in [2.24, 2.45) is 0 Å². The van der Waals surface area contributed by atoms with E-state index in [4.69, 9.17) is 19.4 Å². The second-order valence-corrected chi connectivity index (χ2v) is 12.4. The van der Waals surface area contributed by atoms with Crippen molar-refractivity contribution in [1.29, 1.82) is 0 Å². The summed E-state index contributed by atoms with van der Waals surface area (Å²) < 4.78 is 46.0. The molecule has 3 aliphatic rings. The van der Waals surface area contributed by atoms with Gasteiger partial charge >= 0.3 is 18.2 Å². The largest absolute Gasteiger partial charge is 0.493 e. The standard InChI is InChI=1S/C29H39N3O3S.C2HF3O2/c1-34-25-13-12-22(18-26(25)35-2)29-15-14-23(30-28(33)31-36-24-10-6-7-11-24)19-27(29)32(17-16-29)20-21-8-4-3-5-9-21;3-2(4,5)1(6)7/h3-5,8-9,12-13,18,23-24,27H,6-7,10-11,14-17,19-20H2,1-2H3,(H2,30,31,33);(H,6,7). The Labute approximate surface area is 254 Å². The summed E-state index contributed by atoms with van der Waals surface area (Å²) >= 11 is 1.61. The number of carboxylic acids is 1. The van der Waals surface area contributed by atoms with Crippen LogP contribution in [0.15, 0.2) is 48.5 Å². The lowest BCUT2D eigenvalue weighted by molar-refractivity contribution is -0.192. The zero-order valence-corrected chi connectivity index (χ0v) is 25.3. The van der Waals surface area contributed by atoms with Gasteiger partial charge in [-0.25, -0.2) is 9.59 Å². The molecule has 43 heavy (non-hydrogen) atoms. The first-order valence-corrected chi connectivity index (χ1v) is 15.5. The summed E-state index contributed by atoms with van der Waals surface area (Å²) in [7, 11) is 3.39. The van der Waals surface area contributed by atoms with Gasteiger partial charge in [-0.2, -0.15) is 13.2 Å². The number of methoxy groups -OCH3 is 2. The molecule has 12 heteroatoms. The first-order chi connectivity index (χ1) is 20.6. The van der Waals surface area contributed by atoms with E-state index in [1.54, 1.807) is 26.2 Å². The number of nitrogens with one attached hydrogen (secondary N) is 2. The topological polar surface area (TPSA) is 100 Å². The number of alkyl halides is 3. The second kappa shape index (κ2) is 14.6. The van der Waals surface area contributed by atoms with E-state index in [0.717, 1.165) is 50.3 Å². The van der Waals surface area contributed by atoms with E-state index >= 15 is 0 Å². The lowest BCUT2D eigenvalue weighted by Crippen LogP contribution is -2.53. The Balaban J connectivity index is 0.000000541. The van der Waals surface area contributed by atoms with Crippen LogP contribution in [-0.4, -0.2) is 66.3 Å². The molecule has 2 aromatic rings. The molecule has 3 fully saturated rings. The predicted octanol–water partition coefficient (Wildman–Crippen LogP) is 6.29. The second-order valence-electron chi connectivity index (χ2n) is 11.3. The van der Waals surface area contributed by atoms with Crippen molar-refractivity contribution in [3.05, 3.63) is 59.7 Å². The zero-order chi connectivity index (χ0) is 31.0. The molecule has 3 unspecified atom stereocenters. The summed E-state index contributed by atoms with van der Waals surface area (Å²) in [5.41, 5.74) is 2.70. The minimum absolute atomic E-state index is 0.0388. The Hall–Kier alpha value is -3.12. The number of halogens is 3. The Morgan fingerprint density at radius 1 is 1.02 bits per heavy atom. The summed E-state index contributed by atoms with van der Waals surface area (Å²) in [5.74, 6) is -1.21. The number of ether oxygens (including phenoxy) is 2. The monoisotopic (exact) mass is 623 g/mol. The molecule has 236 valence electrons. The van der Waals surface area contributed by atoms with Crippen molar-refractivity contribution < 1.29 is 37.3 Å². The van der Waals surface area contributed by atoms with Crippen LogP contribution >= 0.6 is 11.9 Å². The smallest absolute Gasteiger partial charge is 0.490 e. The highest BCUT2D eigenvalue weighted by molar-refractivity contribution is 7.98. The fourth-order valence-electron chi connectivity index (χ4n) is 6.62. The van der Waals surface area contributed by atoms with Crippen LogP contribution in [-0.2, 0) is 16.8 Å². The van der Waals surface area contributed by atoms with Crippen molar-refractivity contribution in [2.75, 3.05) is 20.8 Å². The number of aliphatic carboxylic acids is 1. The molecule has 2 aromatic carbocycles. The maximum absolute atomic E-state index is 12.7. The predicted molar refractivity (Wildman–Crippen MR) is 159 cm³/mol. The van der Waals surface area contributed by atoms with Crippen LogP contribution in [0, 0.1) is 0 Å². The van der Waals surface area contributed by atoms with Crippen LogP contribution in [0.25, 0.3) is 0 Å². The van der Waals surface area contributed by atoms with Crippen LogP contribution in [0.5, 0.6) is 11.5 Å². The fraction of sp³-hybridized carbons (Fsp3) is 0.548. The maximum Gasteiger partial charge on any atom is 0.490 e. The number of carboxylic acid groups (broad SMARTS) is 1. The molecule has 3 atom stereocenters. The Bertz CT molecular complexity index is 1230. The molecule has 3 N–H and O–H groups in total.